The lowest BCUT2D eigenvalue weighted by Crippen LogP contribution is -2.25. The van der Waals surface area contributed by atoms with Gasteiger partial charge in [-0.3, -0.25) is 10.1 Å². The van der Waals surface area contributed by atoms with E-state index in [0.717, 1.165) is 23.4 Å². The zero-order valence-corrected chi connectivity index (χ0v) is 22.3. The highest BCUT2D eigenvalue weighted by molar-refractivity contribution is 7.13. The van der Waals surface area contributed by atoms with E-state index in [1.165, 1.54) is 12.5 Å². The van der Waals surface area contributed by atoms with E-state index in [-0.39, 0.29) is 10.7 Å². The third kappa shape index (κ3) is 7.81. The van der Waals surface area contributed by atoms with Crippen LogP contribution in [0.15, 0.2) is 55.2 Å². The Hall–Kier alpha value is -3.92. The Morgan fingerprint density at radius 3 is 2.52 bits per heavy atom. The average Bonchev–Trinajstić information content (AvgIpc) is 3.43. The number of amides is 1. The van der Waals surface area contributed by atoms with E-state index in [2.05, 4.69) is 46.2 Å². The molecule has 0 saturated heterocycles. The molecule has 210 valence electrons. The van der Waals surface area contributed by atoms with Crippen LogP contribution in [0, 0.1) is 0 Å². The second-order valence-corrected chi connectivity index (χ2v) is 9.72. The quantitative estimate of drug-likeness (QED) is 0.124. The summed E-state index contributed by atoms with van der Waals surface area (Å²) >= 11 is 6.57. The molecule has 4 aromatic heterocycles. The first kappa shape index (κ1) is 29.1. The number of anilines is 3. The SMILES string of the molecule is CC(NC(O)c1cc(NCCNc2ccccn2)ncn1)c1ncc(C(=O)Nc2cc(C(F)(F)F)c(Cl)cn2)s1. The summed E-state index contributed by atoms with van der Waals surface area (Å²) in [6.45, 7) is 2.86. The number of halogens is 4. The molecule has 0 aliphatic carbocycles. The Kier molecular flexibility index (Phi) is 9.42. The molecule has 0 aliphatic heterocycles. The Morgan fingerprint density at radius 1 is 1.02 bits per heavy atom. The smallest absolute Gasteiger partial charge is 0.373 e. The fraction of sp³-hybridized carbons (Fsp3) is 0.250. The number of rotatable bonds is 11. The molecule has 11 nitrogen and oxygen atoms in total. The van der Waals surface area contributed by atoms with Crippen LogP contribution in [0.3, 0.4) is 0 Å². The number of carbonyl (C=O) groups excluding carboxylic acids is 1. The van der Waals surface area contributed by atoms with Gasteiger partial charge in [0.2, 0.25) is 0 Å². The molecule has 0 fully saturated rings. The predicted octanol–water partition coefficient (Wildman–Crippen LogP) is 4.51. The number of aliphatic hydroxyl groups excluding tert-OH is 1. The Morgan fingerprint density at radius 2 is 1.80 bits per heavy atom. The van der Waals surface area contributed by atoms with E-state index in [9.17, 15) is 23.1 Å². The van der Waals surface area contributed by atoms with Crippen LogP contribution < -0.4 is 21.3 Å². The van der Waals surface area contributed by atoms with E-state index in [1.54, 1.807) is 19.2 Å². The zero-order chi connectivity index (χ0) is 28.7. The van der Waals surface area contributed by atoms with Gasteiger partial charge in [-0.05, 0) is 25.1 Å². The summed E-state index contributed by atoms with van der Waals surface area (Å²) in [4.78, 5) is 33.1. The maximum Gasteiger partial charge on any atom is 0.418 e. The number of thiazole rings is 1. The number of nitrogens with one attached hydrogen (secondary N) is 4. The number of nitrogens with zero attached hydrogens (tertiary/aromatic N) is 5. The molecule has 0 bridgehead atoms. The van der Waals surface area contributed by atoms with Crippen molar-refractivity contribution in [2.24, 2.45) is 0 Å². The predicted molar refractivity (Wildman–Crippen MR) is 144 cm³/mol. The van der Waals surface area contributed by atoms with Crippen LogP contribution >= 0.6 is 22.9 Å². The van der Waals surface area contributed by atoms with Gasteiger partial charge >= 0.3 is 6.18 Å². The first-order valence-electron chi connectivity index (χ1n) is 11.7. The van der Waals surface area contributed by atoms with Gasteiger partial charge in [-0.25, -0.2) is 24.9 Å². The van der Waals surface area contributed by atoms with Gasteiger partial charge in [-0.1, -0.05) is 17.7 Å². The summed E-state index contributed by atoms with van der Waals surface area (Å²) in [6.07, 6.45) is -0.759. The molecule has 4 aromatic rings. The number of carbonyl (C=O) groups is 1. The molecule has 2 atom stereocenters. The number of aliphatic hydroxyl groups is 1. The second-order valence-electron chi connectivity index (χ2n) is 8.25. The minimum atomic E-state index is -4.70. The maximum absolute atomic E-state index is 13.1. The molecule has 0 aliphatic rings. The number of hydrogen-bond acceptors (Lipinski definition) is 11. The standard InChI is InChI=1S/C24H23ClF3N9O2S/c1-13(23-33-11-17(40-23)22(39)37-20-8-14(24(26,27)28)15(25)10-32-20)36-21(38)16-9-19(35-12-34-16)31-7-6-30-18-4-2-3-5-29-18/h2-5,8-13,21,36,38H,6-7H2,1H3,(H,29,30)(H,31,34,35)(H,32,37,39). The summed E-state index contributed by atoms with van der Waals surface area (Å²) < 4.78 is 39.2. The molecule has 4 heterocycles. The summed E-state index contributed by atoms with van der Waals surface area (Å²) in [5.74, 6) is 0.267. The minimum Gasteiger partial charge on any atom is -0.373 e. The third-order valence-corrected chi connectivity index (χ3v) is 6.78. The van der Waals surface area contributed by atoms with Gasteiger partial charge in [0, 0.05) is 31.5 Å². The third-order valence-electron chi connectivity index (χ3n) is 5.30. The summed E-state index contributed by atoms with van der Waals surface area (Å²) in [6, 6.07) is 7.32. The highest BCUT2D eigenvalue weighted by Gasteiger charge is 2.34. The number of aromatic nitrogens is 5. The van der Waals surface area contributed by atoms with Crippen LogP contribution in [0.1, 0.15) is 45.1 Å². The summed E-state index contributed by atoms with van der Waals surface area (Å²) in [5, 5.41) is 22.1. The van der Waals surface area contributed by atoms with Gasteiger partial charge in [0.1, 0.15) is 39.9 Å². The minimum absolute atomic E-state index is 0.135. The van der Waals surface area contributed by atoms with Crippen molar-refractivity contribution in [2.45, 2.75) is 25.4 Å². The van der Waals surface area contributed by atoms with E-state index in [4.69, 9.17) is 11.6 Å². The fourth-order valence-corrected chi connectivity index (χ4v) is 4.39. The highest BCUT2D eigenvalue weighted by atomic mass is 35.5. The average molecular weight is 594 g/mol. The molecule has 40 heavy (non-hydrogen) atoms. The normalized spacial score (nSPS) is 12.9. The Balaban J connectivity index is 1.31. The lowest BCUT2D eigenvalue weighted by molar-refractivity contribution is -0.137. The van der Waals surface area contributed by atoms with Gasteiger partial charge < -0.3 is 21.1 Å². The monoisotopic (exact) mass is 593 g/mol. The van der Waals surface area contributed by atoms with Crippen molar-refractivity contribution in [1.29, 1.82) is 0 Å². The van der Waals surface area contributed by atoms with Crippen molar-refractivity contribution in [1.82, 2.24) is 30.2 Å². The first-order chi connectivity index (χ1) is 19.1. The van der Waals surface area contributed by atoms with Crippen molar-refractivity contribution in [2.75, 3.05) is 29.0 Å². The first-order valence-corrected chi connectivity index (χ1v) is 12.9. The van der Waals surface area contributed by atoms with Crippen molar-refractivity contribution < 1.29 is 23.1 Å². The van der Waals surface area contributed by atoms with E-state index < -0.39 is 34.9 Å². The van der Waals surface area contributed by atoms with Crippen molar-refractivity contribution >= 4 is 46.3 Å². The van der Waals surface area contributed by atoms with Crippen LogP contribution in [0.25, 0.3) is 0 Å². The molecule has 2 unspecified atom stereocenters. The number of alkyl halides is 3. The van der Waals surface area contributed by atoms with Crippen LogP contribution in [-0.4, -0.2) is 49.0 Å². The van der Waals surface area contributed by atoms with Gasteiger partial charge in [0.15, 0.2) is 0 Å². The topological polar surface area (TPSA) is 150 Å². The molecule has 0 aromatic carbocycles. The highest BCUT2D eigenvalue weighted by Crippen LogP contribution is 2.35. The lowest BCUT2D eigenvalue weighted by atomic mass is 10.2. The largest absolute Gasteiger partial charge is 0.418 e. The van der Waals surface area contributed by atoms with Crippen LogP contribution in [0.2, 0.25) is 5.02 Å². The van der Waals surface area contributed by atoms with Gasteiger partial charge in [0.05, 0.1) is 28.5 Å². The van der Waals surface area contributed by atoms with Gasteiger partial charge in [-0.2, -0.15) is 13.2 Å². The van der Waals surface area contributed by atoms with Crippen LogP contribution in [0.5, 0.6) is 0 Å². The number of pyridine rings is 2. The molecular weight excluding hydrogens is 571 g/mol. The maximum atomic E-state index is 13.1. The van der Waals surface area contributed by atoms with Gasteiger partial charge in [0.25, 0.3) is 5.91 Å². The molecular formula is C24H23ClF3N9O2S. The van der Waals surface area contributed by atoms with Crippen LogP contribution in [0.4, 0.5) is 30.6 Å². The Bertz CT molecular complexity index is 1440. The molecule has 0 spiro atoms. The summed E-state index contributed by atoms with van der Waals surface area (Å²) in [7, 11) is 0. The van der Waals surface area contributed by atoms with E-state index >= 15 is 0 Å². The van der Waals surface area contributed by atoms with Crippen molar-refractivity contribution in [3.8, 4) is 0 Å². The van der Waals surface area contributed by atoms with Crippen molar-refractivity contribution in [3.63, 3.8) is 0 Å². The van der Waals surface area contributed by atoms with Crippen LogP contribution in [-0.2, 0) is 6.18 Å². The molecule has 16 heteroatoms. The molecule has 5 N–H and O–H groups in total. The number of hydrogen-bond donors (Lipinski definition) is 5. The van der Waals surface area contributed by atoms with E-state index in [1.807, 2.05) is 18.2 Å². The molecule has 4 rings (SSSR count). The van der Waals surface area contributed by atoms with Crippen molar-refractivity contribution in [3.05, 3.63) is 81.4 Å². The molecule has 1 amide bonds. The van der Waals surface area contributed by atoms with E-state index in [0.29, 0.717) is 35.7 Å². The van der Waals surface area contributed by atoms with Gasteiger partial charge in [-0.15, -0.1) is 11.3 Å². The second kappa shape index (κ2) is 13.0. The lowest BCUT2D eigenvalue weighted by Gasteiger charge is -2.17. The Labute approximate surface area is 235 Å². The fourth-order valence-electron chi connectivity index (χ4n) is 3.36. The molecule has 0 radical (unpaired) electrons. The summed E-state index contributed by atoms with van der Waals surface area (Å²) in [5.41, 5.74) is -0.800. The molecule has 0 saturated carbocycles. The zero-order valence-electron chi connectivity index (χ0n) is 20.8.